The molecule has 0 radical (unpaired) electrons. The average Bonchev–Trinajstić information content (AvgIpc) is 2.86. The number of para-hydroxylation sites is 2. The van der Waals surface area contributed by atoms with Crippen molar-refractivity contribution in [2.75, 3.05) is 6.61 Å². The molecule has 1 aromatic carbocycles. The van der Waals surface area contributed by atoms with E-state index in [2.05, 4.69) is 4.98 Å². The Balaban J connectivity index is 1.84. The number of rotatable bonds is 2. The van der Waals surface area contributed by atoms with Crippen LogP contribution in [0.4, 0.5) is 0 Å². The molecule has 1 saturated heterocycles. The van der Waals surface area contributed by atoms with Crippen LogP contribution < -0.4 is 0 Å². The minimum atomic E-state index is 0.304. The molecule has 3 heteroatoms. The van der Waals surface area contributed by atoms with Crippen LogP contribution in [0.2, 0.25) is 0 Å². The van der Waals surface area contributed by atoms with Gasteiger partial charge in [0.1, 0.15) is 5.52 Å². The Morgan fingerprint density at radius 2 is 2.27 bits per heavy atom. The third-order valence-corrected chi connectivity index (χ3v) is 2.76. The Labute approximate surface area is 88.1 Å². The molecule has 3 rings (SSSR count). The van der Waals surface area contributed by atoms with Crippen molar-refractivity contribution in [3.8, 4) is 0 Å². The topological polar surface area (TPSA) is 35.3 Å². The van der Waals surface area contributed by atoms with Crippen molar-refractivity contribution >= 4 is 11.1 Å². The van der Waals surface area contributed by atoms with E-state index in [0.29, 0.717) is 6.10 Å². The first-order valence-electron chi connectivity index (χ1n) is 5.38. The van der Waals surface area contributed by atoms with Crippen LogP contribution in [0, 0.1) is 0 Å². The molecule has 0 spiro atoms. The number of nitrogens with zero attached hydrogens (tertiary/aromatic N) is 1. The lowest BCUT2D eigenvalue weighted by atomic mass is 10.2. The van der Waals surface area contributed by atoms with E-state index >= 15 is 0 Å². The van der Waals surface area contributed by atoms with E-state index in [9.17, 15) is 0 Å². The van der Waals surface area contributed by atoms with Gasteiger partial charge in [0.05, 0.1) is 12.5 Å². The summed E-state index contributed by atoms with van der Waals surface area (Å²) in [6.07, 6.45) is 3.39. The standard InChI is InChI=1S/C12H13NO2/c1-2-6-11-10(5-1)13-12(15-11)8-9-4-3-7-14-9/h1-2,5-6,9H,3-4,7-8H2. The van der Waals surface area contributed by atoms with Crippen molar-refractivity contribution in [2.45, 2.75) is 25.4 Å². The highest BCUT2D eigenvalue weighted by Crippen LogP contribution is 2.20. The first-order valence-corrected chi connectivity index (χ1v) is 5.38. The van der Waals surface area contributed by atoms with Gasteiger partial charge in [-0.3, -0.25) is 0 Å². The van der Waals surface area contributed by atoms with Crippen LogP contribution in [-0.2, 0) is 11.2 Å². The second kappa shape index (κ2) is 3.66. The second-order valence-electron chi connectivity index (χ2n) is 3.91. The lowest BCUT2D eigenvalue weighted by Crippen LogP contribution is -2.08. The maximum Gasteiger partial charge on any atom is 0.198 e. The third kappa shape index (κ3) is 1.75. The molecular weight excluding hydrogens is 190 g/mol. The Morgan fingerprint density at radius 1 is 1.33 bits per heavy atom. The zero-order valence-corrected chi connectivity index (χ0v) is 8.48. The van der Waals surface area contributed by atoms with Gasteiger partial charge in [0.25, 0.3) is 0 Å². The van der Waals surface area contributed by atoms with Gasteiger partial charge in [0, 0.05) is 6.61 Å². The van der Waals surface area contributed by atoms with Crippen LogP contribution in [0.3, 0.4) is 0 Å². The summed E-state index contributed by atoms with van der Waals surface area (Å²) < 4.78 is 11.2. The summed E-state index contributed by atoms with van der Waals surface area (Å²) in [4.78, 5) is 4.43. The van der Waals surface area contributed by atoms with Crippen LogP contribution in [-0.4, -0.2) is 17.7 Å². The normalized spacial score (nSPS) is 21.2. The molecule has 2 aromatic rings. The van der Waals surface area contributed by atoms with Crippen molar-refractivity contribution in [3.63, 3.8) is 0 Å². The van der Waals surface area contributed by atoms with Gasteiger partial charge in [-0.25, -0.2) is 4.98 Å². The monoisotopic (exact) mass is 203 g/mol. The molecule has 1 fully saturated rings. The summed E-state index contributed by atoms with van der Waals surface area (Å²) in [5.41, 5.74) is 1.80. The quantitative estimate of drug-likeness (QED) is 0.752. The van der Waals surface area contributed by atoms with Crippen molar-refractivity contribution in [3.05, 3.63) is 30.2 Å². The van der Waals surface area contributed by atoms with Crippen LogP contribution in [0.1, 0.15) is 18.7 Å². The van der Waals surface area contributed by atoms with E-state index in [-0.39, 0.29) is 0 Å². The molecule has 1 unspecified atom stereocenters. The molecule has 0 N–H and O–H groups in total. The van der Waals surface area contributed by atoms with Gasteiger partial charge in [0.15, 0.2) is 11.5 Å². The number of benzene rings is 1. The lowest BCUT2D eigenvalue weighted by Gasteiger charge is -2.04. The SMILES string of the molecule is c1ccc2oc(CC3CCCO3)nc2c1. The fourth-order valence-electron chi connectivity index (χ4n) is 2.01. The number of aromatic nitrogens is 1. The number of fused-ring (bicyclic) bond motifs is 1. The highest BCUT2D eigenvalue weighted by atomic mass is 16.5. The minimum absolute atomic E-state index is 0.304. The molecule has 78 valence electrons. The zero-order chi connectivity index (χ0) is 10.1. The second-order valence-corrected chi connectivity index (χ2v) is 3.91. The molecule has 0 saturated carbocycles. The van der Waals surface area contributed by atoms with E-state index in [0.717, 1.165) is 42.9 Å². The average molecular weight is 203 g/mol. The maximum atomic E-state index is 5.64. The summed E-state index contributed by atoms with van der Waals surface area (Å²) >= 11 is 0. The van der Waals surface area contributed by atoms with Gasteiger partial charge in [0.2, 0.25) is 0 Å². The summed E-state index contributed by atoms with van der Waals surface area (Å²) in [5.74, 6) is 0.795. The highest BCUT2D eigenvalue weighted by molar-refractivity contribution is 5.72. The summed E-state index contributed by atoms with van der Waals surface area (Å²) in [7, 11) is 0. The van der Waals surface area contributed by atoms with E-state index in [1.54, 1.807) is 0 Å². The van der Waals surface area contributed by atoms with Crippen LogP contribution >= 0.6 is 0 Å². The van der Waals surface area contributed by atoms with E-state index < -0.39 is 0 Å². The fraction of sp³-hybridized carbons (Fsp3) is 0.417. The van der Waals surface area contributed by atoms with E-state index in [1.807, 2.05) is 24.3 Å². The van der Waals surface area contributed by atoms with Gasteiger partial charge in [-0.15, -0.1) is 0 Å². The maximum absolute atomic E-state index is 5.64. The molecule has 0 amide bonds. The summed E-state index contributed by atoms with van der Waals surface area (Å²) in [6.45, 7) is 0.880. The third-order valence-electron chi connectivity index (χ3n) is 2.76. The summed E-state index contributed by atoms with van der Waals surface area (Å²) in [5, 5.41) is 0. The lowest BCUT2D eigenvalue weighted by molar-refractivity contribution is 0.106. The molecular formula is C12H13NO2. The largest absolute Gasteiger partial charge is 0.441 e. The Morgan fingerprint density at radius 3 is 3.07 bits per heavy atom. The van der Waals surface area contributed by atoms with Gasteiger partial charge >= 0.3 is 0 Å². The van der Waals surface area contributed by atoms with E-state index in [4.69, 9.17) is 9.15 Å². The van der Waals surface area contributed by atoms with E-state index in [1.165, 1.54) is 0 Å². The number of hydrogen-bond acceptors (Lipinski definition) is 3. The number of ether oxygens (including phenoxy) is 1. The molecule has 1 aromatic heterocycles. The Kier molecular flexibility index (Phi) is 2.18. The summed E-state index contributed by atoms with van der Waals surface area (Å²) in [6, 6.07) is 7.85. The van der Waals surface area contributed by atoms with Crippen molar-refractivity contribution < 1.29 is 9.15 Å². The Bertz CT molecular complexity index is 424. The van der Waals surface area contributed by atoms with Crippen molar-refractivity contribution in [1.29, 1.82) is 0 Å². The van der Waals surface area contributed by atoms with Gasteiger partial charge < -0.3 is 9.15 Å². The molecule has 3 nitrogen and oxygen atoms in total. The van der Waals surface area contributed by atoms with Crippen LogP contribution in [0.5, 0.6) is 0 Å². The molecule has 15 heavy (non-hydrogen) atoms. The Hall–Kier alpha value is -1.35. The zero-order valence-electron chi connectivity index (χ0n) is 8.48. The predicted molar refractivity (Wildman–Crippen MR) is 56.7 cm³/mol. The number of oxazole rings is 1. The van der Waals surface area contributed by atoms with Gasteiger partial charge in [-0.05, 0) is 25.0 Å². The van der Waals surface area contributed by atoms with Crippen molar-refractivity contribution in [1.82, 2.24) is 4.98 Å². The molecule has 1 aliphatic heterocycles. The fourth-order valence-corrected chi connectivity index (χ4v) is 2.01. The van der Waals surface area contributed by atoms with Crippen molar-refractivity contribution in [2.24, 2.45) is 0 Å². The highest BCUT2D eigenvalue weighted by Gasteiger charge is 2.18. The molecule has 0 aliphatic carbocycles. The van der Waals surface area contributed by atoms with Crippen LogP contribution in [0.25, 0.3) is 11.1 Å². The first kappa shape index (κ1) is 8.92. The molecule has 2 heterocycles. The smallest absolute Gasteiger partial charge is 0.198 e. The minimum Gasteiger partial charge on any atom is -0.441 e. The first-order chi connectivity index (χ1) is 7.42. The molecule has 1 atom stereocenters. The van der Waals surface area contributed by atoms with Gasteiger partial charge in [-0.1, -0.05) is 12.1 Å². The predicted octanol–water partition coefficient (Wildman–Crippen LogP) is 2.55. The van der Waals surface area contributed by atoms with Crippen LogP contribution in [0.15, 0.2) is 28.7 Å². The molecule has 0 bridgehead atoms. The van der Waals surface area contributed by atoms with Gasteiger partial charge in [-0.2, -0.15) is 0 Å². The number of hydrogen-bond donors (Lipinski definition) is 0. The molecule has 1 aliphatic rings.